The molecule has 2 aromatic carbocycles. The highest BCUT2D eigenvalue weighted by atomic mass is 35.5. The first-order chi connectivity index (χ1) is 29.8. The summed E-state index contributed by atoms with van der Waals surface area (Å²) in [6, 6.07) is 8.02. The molecule has 4 aliphatic heterocycles. The van der Waals surface area contributed by atoms with Crippen LogP contribution in [0.4, 0.5) is 42.0 Å². The SMILES string of the molecule is Cn1nc(C2CCC(=O)NC2=O)c2ccc(N3CCN(CC4CCN(c5ncc(Cl)c(Nc6ccc7c(c6F)c6c(c(=O)n7C)OCC(F)(F)[C@H](C7CC7)N6)n5)CC4)CC3)cc21. The molecule has 2 atom stereocenters. The Hall–Kier alpha value is -5.62. The third-order valence-electron chi connectivity index (χ3n) is 13.3. The molecular formula is C43H47ClF3N11O4. The van der Waals surface area contributed by atoms with Gasteiger partial charge in [-0.3, -0.25) is 29.3 Å². The first kappa shape index (κ1) is 40.5. The van der Waals surface area contributed by atoms with E-state index in [4.69, 9.17) is 26.4 Å². The van der Waals surface area contributed by atoms with Crippen LogP contribution < -0.4 is 36.0 Å². The molecule has 0 bridgehead atoms. The molecule has 2 amide bonds. The number of ether oxygens (including phenoxy) is 1. The van der Waals surface area contributed by atoms with Crippen LogP contribution in [0.15, 0.2) is 41.3 Å². The van der Waals surface area contributed by atoms with Crippen molar-refractivity contribution >= 4 is 74.0 Å². The summed E-state index contributed by atoms with van der Waals surface area (Å²) in [5.74, 6) is -4.49. The van der Waals surface area contributed by atoms with Crippen LogP contribution in [0, 0.1) is 17.7 Å². The van der Waals surface area contributed by atoms with E-state index in [0.29, 0.717) is 43.2 Å². The molecule has 326 valence electrons. The molecule has 0 spiro atoms. The normalized spacial score (nSPS) is 22.3. The minimum Gasteiger partial charge on any atom is -0.480 e. The zero-order valence-corrected chi connectivity index (χ0v) is 35.2. The zero-order chi connectivity index (χ0) is 43.0. The summed E-state index contributed by atoms with van der Waals surface area (Å²) in [5, 5.41) is 14.1. The molecule has 1 saturated carbocycles. The topological polar surface area (TPSA) is 155 Å². The number of hydrogen-bond donors (Lipinski definition) is 3. The number of hydrogen-bond acceptors (Lipinski definition) is 12. The summed E-state index contributed by atoms with van der Waals surface area (Å²) < 4.78 is 55.4. The Bertz CT molecular complexity index is 2670. The number of amides is 2. The van der Waals surface area contributed by atoms with E-state index in [1.807, 2.05) is 17.8 Å². The number of rotatable bonds is 8. The van der Waals surface area contributed by atoms with Crippen molar-refractivity contribution in [3.8, 4) is 5.75 Å². The monoisotopic (exact) mass is 873 g/mol. The number of piperidine rings is 2. The average molecular weight is 874 g/mol. The Morgan fingerprint density at radius 3 is 2.47 bits per heavy atom. The summed E-state index contributed by atoms with van der Waals surface area (Å²) in [7, 11) is 3.34. The molecule has 10 rings (SSSR count). The number of nitrogens with zero attached hydrogens (tertiary/aromatic N) is 8. The van der Waals surface area contributed by atoms with Gasteiger partial charge in [-0.2, -0.15) is 10.1 Å². The van der Waals surface area contributed by atoms with Crippen molar-refractivity contribution in [2.45, 2.75) is 56.4 Å². The van der Waals surface area contributed by atoms with E-state index in [1.54, 1.807) is 6.07 Å². The molecule has 7 heterocycles. The van der Waals surface area contributed by atoms with Crippen LogP contribution in [0.1, 0.15) is 50.1 Å². The van der Waals surface area contributed by atoms with E-state index in [1.165, 1.54) is 23.9 Å². The fourth-order valence-corrected chi connectivity index (χ4v) is 9.76. The van der Waals surface area contributed by atoms with Gasteiger partial charge in [0.2, 0.25) is 23.5 Å². The van der Waals surface area contributed by atoms with Gasteiger partial charge in [-0.1, -0.05) is 11.6 Å². The smallest absolute Gasteiger partial charge is 0.301 e. The number of carbonyl (C=O) groups is 2. The molecule has 3 N–H and O–H groups in total. The van der Waals surface area contributed by atoms with E-state index in [0.717, 1.165) is 75.2 Å². The number of aryl methyl sites for hydroxylation is 2. The number of alkyl halides is 2. The predicted molar refractivity (Wildman–Crippen MR) is 229 cm³/mol. The molecule has 1 unspecified atom stereocenters. The summed E-state index contributed by atoms with van der Waals surface area (Å²) >= 11 is 6.56. The molecule has 1 aliphatic carbocycles. The number of nitrogens with one attached hydrogen (secondary N) is 3. The number of pyridine rings is 1. The molecule has 4 fully saturated rings. The highest BCUT2D eigenvalue weighted by Gasteiger charge is 2.51. The fourth-order valence-electron chi connectivity index (χ4n) is 9.62. The number of carbonyl (C=O) groups excluding carboxylic acids is 2. The summed E-state index contributed by atoms with van der Waals surface area (Å²) in [5.41, 5.74) is 2.29. The number of imide groups is 1. The van der Waals surface area contributed by atoms with Crippen LogP contribution in [0.3, 0.4) is 0 Å². The third-order valence-corrected chi connectivity index (χ3v) is 13.6. The zero-order valence-electron chi connectivity index (χ0n) is 34.4. The molecule has 62 heavy (non-hydrogen) atoms. The van der Waals surface area contributed by atoms with Gasteiger partial charge in [0.1, 0.15) is 5.02 Å². The number of benzene rings is 2. The quantitative estimate of drug-likeness (QED) is 0.168. The Balaban J connectivity index is 0.775. The largest absolute Gasteiger partial charge is 0.480 e. The van der Waals surface area contributed by atoms with Crippen LogP contribution in [-0.4, -0.2) is 105 Å². The lowest BCUT2D eigenvalue weighted by Crippen LogP contribution is -2.49. The second-order valence-electron chi connectivity index (χ2n) is 17.3. The van der Waals surface area contributed by atoms with Gasteiger partial charge in [0.15, 0.2) is 18.2 Å². The van der Waals surface area contributed by atoms with Gasteiger partial charge < -0.3 is 29.7 Å². The average Bonchev–Trinajstić information content (AvgIpc) is 4.07. The van der Waals surface area contributed by atoms with E-state index in [9.17, 15) is 14.4 Å². The number of aromatic nitrogens is 5. The van der Waals surface area contributed by atoms with Crippen LogP contribution >= 0.6 is 11.6 Å². The van der Waals surface area contributed by atoms with Crippen molar-refractivity contribution in [2.75, 3.05) is 72.9 Å². The summed E-state index contributed by atoms with van der Waals surface area (Å²) in [4.78, 5) is 53.7. The molecule has 3 saturated heterocycles. The number of fused-ring (bicyclic) bond motifs is 4. The highest BCUT2D eigenvalue weighted by molar-refractivity contribution is 6.33. The van der Waals surface area contributed by atoms with Crippen LogP contribution in [-0.2, 0) is 23.7 Å². The van der Waals surface area contributed by atoms with Gasteiger partial charge >= 0.3 is 5.92 Å². The predicted octanol–water partition coefficient (Wildman–Crippen LogP) is 5.53. The van der Waals surface area contributed by atoms with Gasteiger partial charge in [0.05, 0.1) is 51.6 Å². The molecule has 5 aliphatic rings. The minimum absolute atomic E-state index is 0.000858. The van der Waals surface area contributed by atoms with E-state index in [2.05, 4.69) is 47.8 Å². The number of halogens is 4. The second kappa shape index (κ2) is 15.6. The first-order valence-corrected chi connectivity index (χ1v) is 21.6. The van der Waals surface area contributed by atoms with Crippen LogP contribution in [0.5, 0.6) is 5.75 Å². The van der Waals surface area contributed by atoms with Gasteiger partial charge in [0, 0.05) is 77.4 Å². The summed E-state index contributed by atoms with van der Waals surface area (Å²) in [6.07, 6.45) is 5.36. The van der Waals surface area contributed by atoms with E-state index in [-0.39, 0.29) is 56.6 Å². The lowest BCUT2D eigenvalue weighted by Gasteiger charge is -2.39. The van der Waals surface area contributed by atoms with Gasteiger partial charge in [-0.15, -0.1) is 0 Å². The second-order valence-corrected chi connectivity index (χ2v) is 17.7. The van der Waals surface area contributed by atoms with Crippen molar-refractivity contribution in [3.63, 3.8) is 0 Å². The molecule has 15 nitrogen and oxygen atoms in total. The van der Waals surface area contributed by atoms with E-state index >= 15 is 13.2 Å². The van der Waals surface area contributed by atoms with Crippen molar-refractivity contribution in [3.05, 3.63) is 63.4 Å². The molecule has 19 heteroatoms. The molecule has 0 radical (unpaired) electrons. The minimum atomic E-state index is -3.26. The van der Waals surface area contributed by atoms with Crippen molar-refractivity contribution < 1.29 is 27.5 Å². The Kier molecular flexibility index (Phi) is 10.2. The lowest BCUT2D eigenvalue weighted by molar-refractivity contribution is -0.134. The molecule has 3 aromatic heterocycles. The molecule has 5 aromatic rings. The van der Waals surface area contributed by atoms with Gasteiger partial charge in [-0.05, 0) is 74.3 Å². The third kappa shape index (κ3) is 7.33. The maximum atomic E-state index is 16.6. The van der Waals surface area contributed by atoms with Crippen molar-refractivity contribution in [1.82, 2.24) is 34.5 Å². The maximum Gasteiger partial charge on any atom is 0.301 e. The number of anilines is 5. The standard InChI is InChI=1S/C43H47ClF3N11O4/c1-54-30-9-8-29(34(45)33(30)36-37(41(54)61)62-22-43(46,47)38(51-36)24-3-4-24)49-39-28(44)20-48-42(52-39)58-13-11-23(12-14-58)21-56-15-17-57(18-16-56)25-5-6-26-31(19-25)55(2)53-35(26)27-7-10-32(59)50-40(27)60/h5-6,8-9,19-20,23-24,27,38,51H,3-4,7,10-18,21-22H2,1-2H3,(H,48,49,52)(H,50,59,60)/t27?,38-/m0/s1. The first-order valence-electron chi connectivity index (χ1n) is 21.3. The van der Waals surface area contributed by atoms with E-state index < -0.39 is 35.9 Å². The fraction of sp³-hybridized carbons (Fsp3) is 0.488. The molecular weight excluding hydrogens is 827 g/mol. The van der Waals surface area contributed by atoms with Gasteiger partial charge in [0.25, 0.3) is 5.56 Å². The van der Waals surface area contributed by atoms with Crippen molar-refractivity contribution in [2.24, 2.45) is 25.9 Å². The maximum absolute atomic E-state index is 16.6. The van der Waals surface area contributed by atoms with Crippen LogP contribution in [0.2, 0.25) is 5.02 Å². The van der Waals surface area contributed by atoms with Gasteiger partial charge in [-0.25, -0.2) is 18.2 Å². The van der Waals surface area contributed by atoms with Crippen molar-refractivity contribution in [1.29, 1.82) is 0 Å². The lowest BCUT2D eigenvalue weighted by atomic mass is 9.93. The van der Waals surface area contributed by atoms with Crippen LogP contribution in [0.25, 0.3) is 21.8 Å². The Labute approximate surface area is 359 Å². The highest BCUT2D eigenvalue weighted by Crippen LogP contribution is 2.46. The Morgan fingerprint density at radius 1 is 0.952 bits per heavy atom. The number of piperazine rings is 1. The Morgan fingerprint density at radius 2 is 1.73 bits per heavy atom. The summed E-state index contributed by atoms with van der Waals surface area (Å²) in [6.45, 7) is 5.12.